The van der Waals surface area contributed by atoms with Gasteiger partial charge in [0, 0.05) is 0 Å². The van der Waals surface area contributed by atoms with E-state index < -0.39 is 18.1 Å². The predicted molar refractivity (Wildman–Crippen MR) is 153 cm³/mol. The fourth-order valence-electron chi connectivity index (χ4n) is 5.14. The molecule has 2 fully saturated rings. The van der Waals surface area contributed by atoms with Crippen LogP contribution in [0.25, 0.3) is 0 Å². The van der Waals surface area contributed by atoms with E-state index in [1.165, 1.54) is 4.90 Å². The summed E-state index contributed by atoms with van der Waals surface area (Å²) >= 11 is 0. The number of unbranched alkanes of at least 4 members (excludes halogenated alkanes) is 1. The lowest BCUT2D eigenvalue weighted by Gasteiger charge is -2.29. The van der Waals surface area contributed by atoms with E-state index in [0.717, 1.165) is 30.5 Å². The summed E-state index contributed by atoms with van der Waals surface area (Å²) in [4.78, 5) is 35.2. The van der Waals surface area contributed by atoms with Gasteiger partial charge in [-0.05, 0) is 73.9 Å². The van der Waals surface area contributed by atoms with Gasteiger partial charge in [0.25, 0.3) is 5.91 Å². The summed E-state index contributed by atoms with van der Waals surface area (Å²) in [5.41, 5.74) is 2.05. The van der Waals surface area contributed by atoms with Crippen LogP contribution in [0.4, 0.5) is 11.4 Å². The van der Waals surface area contributed by atoms with Crippen molar-refractivity contribution in [1.29, 1.82) is 0 Å². The Labute approximate surface area is 235 Å². The molecule has 0 bridgehead atoms. The lowest BCUT2D eigenvalue weighted by atomic mass is 9.90. The molecule has 2 amide bonds. The summed E-state index contributed by atoms with van der Waals surface area (Å²) in [6, 6.07) is 21.7. The molecule has 0 N–H and O–H groups in total. The van der Waals surface area contributed by atoms with Crippen LogP contribution in [0.15, 0.2) is 72.8 Å². The maximum atomic E-state index is 14.0. The van der Waals surface area contributed by atoms with Gasteiger partial charge in [0.1, 0.15) is 11.7 Å². The molecule has 0 aliphatic carbocycles. The first-order valence-corrected chi connectivity index (χ1v) is 14.1. The van der Waals surface area contributed by atoms with Gasteiger partial charge in [0.05, 0.1) is 37.2 Å². The highest BCUT2D eigenvalue weighted by Crippen LogP contribution is 2.48. The van der Waals surface area contributed by atoms with Crippen molar-refractivity contribution >= 4 is 23.2 Å². The summed E-state index contributed by atoms with van der Waals surface area (Å²) in [5, 5.41) is 1.69. The second-order valence-corrected chi connectivity index (χ2v) is 9.85. The van der Waals surface area contributed by atoms with E-state index in [-0.39, 0.29) is 11.8 Å². The summed E-state index contributed by atoms with van der Waals surface area (Å²) in [5.74, 6) is 0.515. The summed E-state index contributed by atoms with van der Waals surface area (Å²) in [7, 11) is 0. The smallest absolute Gasteiger partial charge is 0.266 e. The van der Waals surface area contributed by atoms with Crippen LogP contribution in [0.5, 0.6) is 17.2 Å². The van der Waals surface area contributed by atoms with Crippen molar-refractivity contribution in [3.05, 3.63) is 78.4 Å². The third kappa shape index (κ3) is 5.36. The Morgan fingerprint density at radius 1 is 0.750 bits per heavy atom. The van der Waals surface area contributed by atoms with Crippen molar-refractivity contribution in [1.82, 2.24) is 0 Å². The van der Waals surface area contributed by atoms with Gasteiger partial charge in [-0.3, -0.25) is 14.4 Å². The first-order valence-electron chi connectivity index (χ1n) is 14.1. The number of nitrogens with zero attached hydrogens (tertiary/aromatic N) is 2. The number of rotatable bonds is 12. The SMILES string of the molecule is CCCCOc1ccc([C@H]2[C@@H]3C(=O)N(c4ccc(OCCC)cc4)C(=O)[C@H]3ON2c2ccccc2)cc1OCC. The number of carbonyl (C=O) groups is 2. The van der Waals surface area contributed by atoms with E-state index in [1.54, 1.807) is 29.3 Å². The fourth-order valence-corrected chi connectivity index (χ4v) is 5.14. The Kier molecular flexibility index (Phi) is 8.55. The van der Waals surface area contributed by atoms with Crippen molar-refractivity contribution in [2.45, 2.75) is 52.2 Å². The van der Waals surface area contributed by atoms with Gasteiger partial charge in [-0.2, -0.15) is 0 Å². The predicted octanol–water partition coefficient (Wildman–Crippen LogP) is 6.10. The summed E-state index contributed by atoms with van der Waals surface area (Å²) in [6.07, 6.45) is 1.90. The lowest BCUT2D eigenvalue weighted by molar-refractivity contribution is -0.126. The molecule has 2 aliphatic rings. The van der Waals surface area contributed by atoms with Crippen molar-refractivity contribution in [3.8, 4) is 17.2 Å². The van der Waals surface area contributed by atoms with Crippen LogP contribution in [-0.2, 0) is 14.4 Å². The molecule has 210 valence electrons. The number of imide groups is 1. The van der Waals surface area contributed by atoms with Gasteiger partial charge < -0.3 is 14.2 Å². The second-order valence-electron chi connectivity index (χ2n) is 9.85. The molecular formula is C32H36N2O6. The van der Waals surface area contributed by atoms with Crippen LogP contribution in [0.1, 0.15) is 51.6 Å². The molecule has 0 unspecified atom stereocenters. The van der Waals surface area contributed by atoms with Crippen LogP contribution in [0.3, 0.4) is 0 Å². The van der Waals surface area contributed by atoms with E-state index >= 15 is 0 Å². The van der Waals surface area contributed by atoms with Crippen molar-refractivity contribution in [2.75, 3.05) is 29.8 Å². The first kappa shape index (κ1) is 27.5. The number of fused-ring (bicyclic) bond motifs is 1. The largest absolute Gasteiger partial charge is 0.494 e. The molecule has 40 heavy (non-hydrogen) atoms. The van der Waals surface area contributed by atoms with Gasteiger partial charge in [-0.1, -0.05) is 44.5 Å². The Morgan fingerprint density at radius 2 is 1.52 bits per heavy atom. The molecule has 0 saturated carbocycles. The molecule has 3 aromatic rings. The third-order valence-electron chi connectivity index (χ3n) is 7.06. The molecule has 0 radical (unpaired) electrons. The number of hydrogen-bond donors (Lipinski definition) is 0. The minimum absolute atomic E-state index is 0.304. The number of anilines is 2. The molecule has 2 heterocycles. The maximum Gasteiger partial charge on any atom is 0.266 e. The number of carbonyl (C=O) groups excluding carboxylic acids is 2. The average molecular weight is 545 g/mol. The van der Waals surface area contributed by atoms with Crippen molar-refractivity contribution in [2.24, 2.45) is 5.92 Å². The topological polar surface area (TPSA) is 77.5 Å². The van der Waals surface area contributed by atoms with Crippen molar-refractivity contribution in [3.63, 3.8) is 0 Å². The van der Waals surface area contributed by atoms with E-state index in [0.29, 0.717) is 42.8 Å². The van der Waals surface area contributed by atoms with E-state index in [2.05, 4.69) is 6.92 Å². The van der Waals surface area contributed by atoms with Gasteiger partial charge in [-0.25, -0.2) is 9.96 Å². The average Bonchev–Trinajstić information content (AvgIpc) is 3.49. The quantitative estimate of drug-likeness (QED) is 0.201. The molecule has 3 aromatic carbocycles. The van der Waals surface area contributed by atoms with Gasteiger partial charge in [-0.15, -0.1) is 0 Å². The molecule has 8 heteroatoms. The zero-order valence-corrected chi connectivity index (χ0v) is 23.2. The number of hydroxylamine groups is 1. The van der Waals surface area contributed by atoms with Crippen molar-refractivity contribution < 1.29 is 28.6 Å². The molecule has 5 rings (SSSR count). The van der Waals surface area contributed by atoms with Crippen LogP contribution >= 0.6 is 0 Å². The standard InChI is InChI=1S/C32H36N2O6/c1-4-7-20-39-26-18-13-22(21-27(26)37-6-3)29-28-30(40-34(29)24-11-9-8-10-12-24)32(36)33(31(28)35)23-14-16-25(17-15-23)38-19-5-2/h8-18,21,28-30H,4-7,19-20H2,1-3H3/t28-,29-,30-/m0/s1. The van der Waals surface area contributed by atoms with E-state index in [9.17, 15) is 9.59 Å². The number of hydrogen-bond acceptors (Lipinski definition) is 7. The first-order chi connectivity index (χ1) is 19.6. The summed E-state index contributed by atoms with van der Waals surface area (Å²) in [6.45, 7) is 7.72. The lowest BCUT2D eigenvalue weighted by Crippen LogP contribution is -2.37. The molecule has 0 aromatic heterocycles. The molecule has 0 spiro atoms. The second kappa shape index (κ2) is 12.4. The highest BCUT2D eigenvalue weighted by atomic mass is 16.7. The number of benzene rings is 3. The van der Waals surface area contributed by atoms with E-state index in [4.69, 9.17) is 19.0 Å². The summed E-state index contributed by atoms with van der Waals surface area (Å²) < 4.78 is 17.6. The molecular weight excluding hydrogens is 508 g/mol. The van der Waals surface area contributed by atoms with Crippen LogP contribution in [0.2, 0.25) is 0 Å². The molecule has 8 nitrogen and oxygen atoms in total. The Morgan fingerprint density at radius 3 is 2.23 bits per heavy atom. The minimum Gasteiger partial charge on any atom is -0.494 e. The minimum atomic E-state index is -0.954. The van der Waals surface area contributed by atoms with Gasteiger partial charge in [0.2, 0.25) is 5.91 Å². The normalized spacial score (nSPS) is 20.1. The monoisotopic (exact) mass is 544 g/mol. The number of amides is 2. The number of para-hydroxylation sites is 1. The van der Waals surface area contributed by atoms with Crippen LogP contribution in [-0.4, -0.2) is 37.7 Å². The highest BCUT2D eigenvalue weighted by molar-refractivity contribution is 6.23. The molecule has 3 atom stereocenters. The third-order valence-corrected chi connectivity index (χ3v) is 7.06. The zero-order chi connectivity index (χ0) is 28.1. The number of ether oxygens (including phenoxy) is 3. The Hall–Kier alpha value is -4.04. The Bertz CT molecular complexity index is 1310. The zero-order valence-electron chi connectivity index (χ0n) is 23.2. The Balaban J connectivity index is 1.50. The van der Waals surface area contributed by atoms with Crippen LogP contribution < -0.4 is 24.2 Å². The van der Waals surface area contributed by atoms with E-state index in [1.807, 2.05) is 62.4 Å². The van der Waals surface area contributed by atoms with Crippen LogP contribution in [0, 0.1) is 5.92 Å². The van der Waals surface area contributed by atoms with Gasteiger partial charge >= 0.3 is 0 Å². The molecule has 2 saturated heterocycles. The molecule has 2 aliphatic heterocycles. The maximum absolute atomic E-state index is 14.0. The fraction of sp³-hybridized carbons (Fsp3) is 0.375. The van der Waals surface area contributed by atoms with Gasteiger partial charge in [0.15, 0.2) is 17.6 Å². The highest BCUT2D eigenvalue weighted by Gasteiger charge is 2.60.